The van der Waals surface area contributed by atoms with Gasteiger partial charge in [0.25, 0.3) is 0 Å². The summed E-state index contributed by atoms with van der Waals surface area (Å²) in [5.41, 5.74) is 2.61. The molecular weight excluding hydrogens is 258 g/mol. The highest BCUT2D eigenvalue weighted by Crippen LogP contribution is 2.26. The summed E-state index contributed by atoms with van der Waals surface area (Å²) >= 11 is 1.46. The molecule has 0 fully saturated rings. The predicted molar refractivity (Wildman–Crippen MR) is 78.3 cm³/mol. The van der Waals surface area contributed by atoms with Crippen molar-refractivity contribution in [1.29, 1.82) is 0 Å². The first-order valence-corrected chi connectivity index (χ1v) is 6.98. The van der Waals surface area contributed by atoms with E-state index in [1.54, 1.807) is 19.0 Å². The average molecular weight is 275 g/mol. The molecule has 1 amide bonds. The minimum Gasteiger partial charge on any atom is -0.348 e. The summed E-state index contributed by atoms with van der Waals surface area (Å²) in [6, 6.07) is 7.76. The molecule has 0 saturated carbocycles. The van der Waals surface area contributed by atoms with Gasteiger partial charge in [0.15, 0.2) is 0 Å². The number of hydrogen-bond acceptors (Lipinski definition) is 4. The Morgan fingerprint density at radius 3 is 2.37 bits per heavy atom. The third-order valence-electron chi connectivity index (χ3n) is 2.78. The molecule has 0 spiro atoms. The maximum absolute atomic E-state index is 11.9. The van der Waals surface area contributed by atoms with E-state index in [1.165, 1.54) is 11.8 Å². The zero-order valence-corrected chi connectivity index (χ0v) is 12.4. The van der Waals surface area contributed by atoms with Gasteiger partial charge in [-0.2, -0.15) is 0 Å². The van der Waals surface area contributed by atoms with Gasteiger partial charge in [0, 0.05) is 14.1 Å². The fourth-order valence-electron chi connectivity index (χ4n) is 1.77. The van der Waals surface area contributed by atoms with Crippen molar-refractivity contribution in [3.8, 4) is 0 Å². The molecule has 0 N–H and O–H groups in total. The van der Waals surface area contributed by atoms with Gasteiger partial charge in [0.1, 0.15) is 5.03 Å². The van der Waals surface area contributed by atoms with Crippen LogP contribution in [0.3, 0.4) is 0 Å². The summed E-state index contributed by atoms with van der Waals surface area (Å²) in [5.74, 6) is 0.0827. The lowest BCUT2D eigenvalue weighted by Gasteiger charge is -2.16. The number of aromatic nitrogens is 2. The molecule has 0 saturated heterocycles. The van der Waals surface area contributed by atoms with E-state index in [4.69, 9.17) is 0 Å². The molecule has 4 nitrogen and oxygen atoms in total. The summed E-state index contributed by atoms with van der Waals surface area (Å²) in [7, 11) is 3.52. The van der Waals surface area contributed by atoms with Crippen LogP contribution in [0.15, 0.2) is 29.3 Å². The van der Waals surface area contributed by atoms with E-state index in [0.29, 0.717) is 0 Å². The van der Waals surface area contributed by atoms with E-state index < -0.39 is 0 Å². The molecule has 1 heterocycles. The number of hydrogen-bond donors (Lipinski definition) is 0. The highest BCUT2D eigenvalue weighted by Gasteiger charge is 2.18. The average Bonchev–Trinajstić information content (AvgIpc) is 2.38. The zero-order chi connectivity index (χ0) is 14.0. The van der Waals surface area contributed by atoms with E-state index in [1.807, 2.05) is 38.1 Å². The molecule has 2 rings (SSSR count). The lowest BCUT2D eigenvalue weighted by atomic mass is 10.3. The van der Waals surface area contributed by atoms with E-state index >= 15 is 0 Å². The van der Waals surface area contributed by atoms with E-state index in [0.717, 1.165) is 21.8 Å². The smallest absolute Gasteiger partial charge is 0.235 e. The molecule has 0 aliphatic rings. The number of fused-ring (bicyclic) bond motifs is 1. The fourth-order valence-corrected chi connectivity index (χ4v) is 2.78. The maximum Gasteiger partial charge on any atom is 0.235 e. The minimum atomic E-state index is -0.163. The number of nitrogens with zero attached hydrogens (tertiary/aromatic N) is 3. The summed E-state index contributed by atoms with van der Waals surface area (Å²) in [6.45, 7) is 3.82. The topological polar surface area (TPSA) is 46.1 Å². The fraction of sp³-hybridized carbons (Fsp3) is 0.357. The molecule has 0 radical (unpaired) electrons. The lowest BCUT2D eigenvalue weighted by Crippen LogP contribution is -2.29. The quantitative estimate of drug-likeness (QED) is 0.807. The Balaban J connectivity index is 2.30. The SMILES string of the molecule is Cc1nc2ccccc2nc1SC(C)C(=O)N(C)C. The van der Waals surface area contributed by atoms with Crippen LogP contribution in [0.5, 0.6) is 0 Å². The third kappa shape index (κ3) is 3.04. The Hall–Kier alpha value is -1.62. The highest BCUT2D eigenvalue weighted by molar-refractivity contribution is 8.00. The van der Waals surface area contributed by atoms with E-state index in [-0.39, 0.29) is 11.2 Å². The summed E-state index contributed by atoms with van der Waals surface area (Å²) in [4.78, 5) is 22.6. The molecule has 1 unspecified atom stereocenters. The first kappa shape index (κ1) is 13.8. The van der Waals surface area contributed by atoms with Crippen molar-refractivity contribution in [1.82, 2.24) is 14.9 Å². The molecule has 5 heteroatoms. The number of carbonyl (C=O) groups is 1. The Bertz CT molecular complexity index is 613. The van der Waals surface area contributed by atoms with Crippen LogP contribution in [-0.4, -0.2) is 40.1 Å². The number of aryl methyl sites for hydroxylation is 1. The van der Waals surface area contributed by atoms with Crippen LogP contribution in [0.25, 0.3) is 11.0 Å². The highest BCUT2D eigenvalue weighted by atomic mass is 32.2. The molecule has 19 heavy (non-hydrogen) atoms. The van der Waals surface area contributed by atoms with Gasteiger partial charge < -0.3 is 4.90 Å². The Labute approximate surface area is 117 Å². The van der Waals surface area contributed by atoms with Gasteiger partial charge in [-0.15, -0.1) is 0 Å². The Morgan fingerprint density at radius 2 is 1.79 bits per heavy atom. The Morgan fingerprint density at radius 1 is 1.21 bits per heavy atom. The lowest BCUT2D eigenvalue weighted by molar-refractivity contribution is -0.127. The monoisotopic (exact) mass is 275 g/mol. The van der Waals surface area contributed by atoms with Gasteiger partial charge in [-0.05, 0) is 26.0 Å². The van der Waals surface area contributed by atoms with Gasteiger partial charge in [-0.1, -0.05) is 23.9 Å². The van der Waals surface area contributed by atoms with Gasteiger partial charge in [0.05, 0.1) is 22.0 Å². The second-order valence-corrected chi connectivity index (χ2v) is 5.93. The van der Waals surface area contributed by atoms with Crippen molar-refractivity contribution in [3.05, 3.63) is 30.0 Å². The zero-order valence-electron chi connectivity index (χ0n) is 11.5. The number of thioether (sulfide) groups is 1. The van der Waals surface area contributed by atoms with Crippen molar-refractivity contribution in [3.63, 3.8) is 0 Å². The van der Waals surface area contributed by atoms with Gasteiger partial charge >= 0.3 is 0 Å². The van der Waals surface area contributed by atoms with Crippen LogP contribution in [0.4, 0.5) is 0 Å². The molecule has 0 aliphatic carbocycles. The maximum atomic E-state index is 11.9. The van der Waals surface area contributed by atoms with Gasteiger partial charge in [-0.3, -0.25) is 4.79 Å². The predicted octanol–water partition coefficient (Wildman–Crippen LogP) is 2.51. The number of carbonyl (C=O) groups excluding carboxylic acids is 1. The molecule has 2 aromatic rings. The second kappa shape index (κ2) is 5.57. The van der Waals surface area contributed by atoms with Gasteiger partial charge in [-0.25, -0.2) is 9.97 Å². The number of rotatable bonds is 3. The number of benzene rings is 1. The molecule has 1 atom stereocenters. The molecule has 0 bridgehead atoms. The number of para-hydroxylation sites is 2. The molecular formula is C14H17N3OS. The van der Waals surface area contributed by atoms with Crippen LogP contribution in [0.1, 0.15) is 12.6 Å². The molecule has 0 aliphatic heterocycles. The van der Waals surface area contributed by atoms with Crippen molar-refractivity contribution in [2.24, 2.45) is 0 Å². The largest absolute Gasteiger partial charge is 0.348 e. The summed E-state index contributed by atoms with van der Waals surface area (Å²) < 4.78 is 0. The van der Waals surface area contributed by atoms with Crippen molar-refractivity contribution >= 4 is 28.7 Å². The third-order valence-corrected chi connectivity index (χ3v) is 3.94. The van der Waals surface area contributed by atoms with Gasteiger partial charge in [0.2, 0.25) is 5.91 Å². The first-order valence-electron chi connectivity index (χ1n) is 6.10. The number of amides is 1. The van der Waals surface area contributed by atoms with Crippen molar-refractivity contribution in [2.75, 3.05) is 14.1 Å². The molecule has 1 aromatic carbocycles. The van der Waals surface area contributed by atoms with Crippen molar-refractivity contribution in [2.45, 2.75) is 24.1 Å². The van der Waals surface area contributed by atoms with Crippen LogP contribution in [0, 0.1) is 6.92 Å². The van der Waals surface area contributed by atoms with E-state index in [2.05, 4.69) is 9.97 Å². The normalized spacial score (nSPS) is 12.4. The summed E-state index contributed by atoms with van der Waals surface area (Å²) in [5, 5.41) is 0.658. The molecule has 100 valence electrons. The first-order chi connectivity index (χ1) is 8.99. The summed E-state index contributed by atoms with van der Waals surface area (Å²) in [6.07, 6.45) is 0. The minimum absolute atomic E-state index is 0.0827. The molecule has 1 aromatic heterocycles. The second-order valence-electron chi connectivity index (χ2n) is 4.60. The van der Waals surface area contributed by atoms with E-state index in [9.17, 15) is 4.79 Å². The Kier molecular flexibility index (Phi) is 4.04. The van der Waals surface area contributed by atoms with Crippen molar-refractivity contribution < 1.29 is 4.79 Å². The van der Waals surface area contributed by atoms with Crippen LogP contribution in [0.2, 0.25) is 0 Å². The van der Waals surface area contributed by atoms with Crippen LogP contribution < -0.4 is 0 Å². The van der Waals surface area contributed by atoms with Crippen LogP contribution in [-0.2, 0) is 4.79 Å². The van der Waals surface area contributed by atoms with Crippen LogP contribution >= 0.6 is 11.8 Å². The standard InChI is InChI=1S/C14H17N3OS/c1-9-13(19-10(2)14(18)17(3)4)16-12-8-6-5-7-11(12)15-9/h5-8,10H,1-4H3.